The van der Waals surface area contributed by atoms with E-state index in [1.54, 1.807) is 17.7 Å². The summed E-state index contributed by atoms with van der Waals surface area (Å²) in [6.45, 7) is 5.89. The third-order valence-electron chi connectivity index (χ3n) is 3.47. The number of carbonyl (C=O) groups excluding carboxylic acids is 1. The third kappa shape index (κ3) is 3.10. The topological polar surface area (TPSA) is 107 Å². The number of ether oxygens (including phenoxy) is 1. The van der Waals surface area contributed by atoms with Crippen LogP contribution in [0.1, 0.15) is 54.0 Å². The van der Waals surface area contributed by atoms with Crippen LogP contribution in [0.15, 0.2) is 12.4 Å². The van der Waals surface area contributed by atoms with Crippen LogP contribution in [0.25, 0.3) is 5.78 Å². The Morgan fingerprint density at radius 1 is 1.33 bits per heavy atom. The normalized spacial score (nSPS) is 12.7. The van der Waals surface area contributed by atoms with Gasteiger partial charge in [-0.05, 0) is 18.9 Å². The third-order valence-corrected chi connectivity index (χ3v) is 4.47. The van der Waals surface area contributed by atoms with Crippen LogP contribution in [-0.4, -0.2) is 42.8 Å². The van der Waals surface area contributed by atoms with E-state index in [2.05, 4.69) is 30.6 Å². The van der Waals surface area contributed by atoms with Crippen molar-refractivity contribution >= 4 is 28.2 Å². The van der Waals surface area contributed by atoms with E-state index in [4.69, 9.17) is 4.74 Å². The number of aromatic nitrogens is 6. The van der Waals surface area contributed by atoms with Crippen molar-refractivity contribution in [3.63, 3.8) is 0 Å². The fraction of sp³-hybridized carbons (Fsp3) is 0.429. The number of hydrogen-bond acceptors (Lipinski definition) is 8. The monoisotopic (exact) mass is 347 g/mol. The maximum absolute atomic E-state index is 12.5. The van der Waals surface area contributed by atoms with Crippen molar-refractivity contribution < 1.29 is 9.53 Å². The van der Waals surface area contributed by atoms with Gasteiger partial charge >= 0.3 is 0 Å². The Morgan fingerprint density at radius 2 is 2.12 bits per heavy atom. The largest absolute Gasteiger partial charge is 0.374 e. The Hall–Kier alpha value is -2.46. The lowest BCUT2D eigenvalue weighted by atomic mass is 10.1. The molecule has 0 bridgehead atoms. The highest BCUT2D eigenvalue weighted by Crippen LogP contribution is 2.24. The van der Waals surface area contributed by atoms with Crippen molar-refractivity contribution in [1.29, 1.82) is 0 Å². The fourth-order valence-corrected chi connectivity index (χ4v) is 2.84. The first kappa shape index (κ1) is 16.4. The van der Waals surface area contributed by atoms with E-state index in [9.17, 15) is 4.79 Å². The van der Waals surface area contributed by atoms with Crippen LogP contribution in [0.2, 0.25) is 0 Å². The van der Waals surface area contributed by atoms with Crippen LogP contribution in [0.5, 0.6) is 0 Å². The second-order valence-electron chi connectivity index (χ2n) is 5.47. The van der Waals surface area contributed by atoms with Gasteiger partial charge in [-0.1, -0.05) is 25.2 Å². The zero-order valence-corrected chi connectivity index (χ0v) is 14.5. The van der Waals surface area contributed by atoms with Crippen molar-refractivity contribution in [2.75, 3.05) is 12.4 Å². The Bertz CT molecular complexity index is 873. The molecule has 0 saturated carbocycles. The highest BCUT2D eigenvalue weighted by Gasteiger charge is 2.18. The van der Waals surface area contributed by atoms with Gasteiger partial charge in [0.2, 0.25) is 5.13 Å². The molecule has 126 valence electrons. The van der Waals surface area contributed by atoms with Crippen molar-refractivity contribution in [1.82, 2.24) is 29.8 Å². The van der Waals surface area contributed by atoms with Crippen molar-refractivity contribution in [3.8, 4) is 0 Å². The highest BCUT2D eigenvalue weighted by molar-refractivity contribution is 7.15. The molecule has 0 fully saturated rings. The summed E-state index contributed by atoms with van der Waals surface area (Å²) in [6.07, 6.45) is 1.24. The molecule has 0 aromatic carbocycles. The number of rotatable bonds is 5. The highest BCUT2D eigenvalue weighted by atomic mass is 32.1. The molecule has 0 saturated heterocycles. The summed E-state index contributed by atoms with van der Waals surface area (Å²) in [5.74, 6) is 0.187. The van der Waals surface area contributed by atoms with Gasteiger partial charge in [0.1, 0.15) is 23.1 Å². The molecular weight excluding hydrogens is 330 g/mol. The Morgan fingerprint density at radius 3 is 2.83 bits per heavy atom. The number of amides is 1. The molecule has 10 heteroatoms. The standard InChI is InChI=1S/C14H17N7O2S/c1-7(2)10-5-9(17-13-15-6-16-21(10)13)11(22)18-14-20-19-12(24-14)8(3)23-4/h5-8H,1-4H3,(H,18,20,22). The Labute approximate surface area is 142 Å². The van der Waals surface area contributed by atoms with Crippen LogP contribution in [0.4, 0.5) is 5.13 Å². The first-order valence-corrected chi connectivity index (χ1v) is 8.19. The maximum Gasteiger partial charge on any atom is 0.276 e. The minimum absolute atomic E-state index is 0.166. The molecule has 3 aromatic rings. The molecule has 3 heterocycles. The predicted octanol–water partition coefficient (Wildman–Crippen LogP) is 2.06. The first-order valence-electron chi connectivity index (χ1n) is 7.37. The summed E-state index contributed by atoms with van der Waals surface area (Å²) in [6, 6.07) is 1.71. The van der Waals surface area contributed by atoms with Gasteiger partial charge < -0.3 is 4.74 Å². The lowest BCUT2D eigenvalue weighted by Crippen LogP contribution is -2.16. The average Bonchev–Trinajstić information content (AvgIpc) is 3.21. The van der Waals surface area contributed by atoms with Gasteiger partial charge in [0.15, 0.2) is 0 Å². The van der Waals surface area contributed by atoms with Gasteiger partial charge in [-0.15, -0.1) is 10.2 Å². The van der Waals surface area contributed by atoms with E-state index in [1.807, 2.05) is 20.8 Å². The fourth-order valence-electron chi connectivity index (χ4n) is 2.07. The SMILES string of the molecule is COC(C)c1nnc(NC(=O)c2cc(C(C)C)n3ncnc3n2)s1. The van der Waals surface area contributed by atoms with Crippen molar-refractivity contribution in [2.24, 2.45) is 0 Å². The summed E-state index contributed by atoms with van der Waals surface area (Å²) in [5.41, 5.74) is 1.12. The van der Waals surface area contributed by atoms with E-state index in [-0.39, 0.29) is 23.6 Å². The summed E-state index contributed by atoms with van der Waals surface area (Å²) in [4.78, 5) is 20.8. The van der Waals surface area contributed by atoms with E-state index in [0.717, 1.165) is 5.69 Å². The number of fused-ring (bicyclic) bond motifs is 1. The Kier molecular flexibility index (Phi) is 4.49. The van der Waals surface area contributed by atoms with E-state index in [1.165, 1.54) is 17.7 Å². The Balaban J connectivity index is 1.87. The lowest BCUT2D eigenvalue weighted by molar-refractivity contribution is 0.102. The van der Waals surface area contributed by atoms with E-state index < -0.39 is 0 Å². The van der Waals surface area contributed by atoms with Gasteiger partial charge in [0, 0.05) is 7.11 Å². The van der Waals surface area contributed by atoms with Gasteiger partial charge in [-0.3, -0.25) is 10.1 Å². The minimum atomic E-state index is -0.366. The quantitative estimate of drug-likeness (QED) is 0.752. The van der Waals surface area contributed by atoms with Crippen molar-refractivity contribution in [2.45, 2.75) is 32.8 Å². The molecule has 9 nitrogen and oxygen atoms in total. The van der Waals surface area contributed by atoms with Gasteiger partial charge in [-0.25, -0.2) is 9.50 Å². The summed E-state index contributed by atoms with van der Waals surface area (Å²) >= 11 is 1.26. The zero-order chi connectivity index (χ0) is 17.3. The van der Waals surface area contributed by atoms with Gasteiger partial charge in [-0.2, -0.15) is 10.1 Å². The number of carbonyl (C=O) groups is 1. The molecule has 0 aliphatic rings. The lowest BCUT2D eigenvalue weighted by Gasteiger charge is -2.09. The van der Waals surface area contributed by atoms with Gasteiger partial charge in [0.25, 0.3) is 11.7 Å². The molecule has 1 unspecified atom stereocenters. The van der Waals surface area contributed by atoms with Crippen LogP contribution >= 0.6 is 11.3 Å². The van der Waals surface area contributed by atoms with E-state index >= 15 is 0 Å². The molecule has 0 spiro atoms. The summed E-state index contributed by atoms with van der Waals surface area (Å²) in [7, 11) is 1.59. The second kappa shape index (κ2) is 6.57. The average molecular weight is 347 g/mol. The van der Waals surface area contributed by atoms with Crippen molar-refractivity contribution in [3.05, 3.63) is 28.8 Å². The predicted molar refractivity (Wildman–Crippen MR) is 88.2 cm³/mol. The van der Waals surface area contributed by atoms with Crippen LogP contribution in [0.3, 0.4) is 0 Å². The van der Waals surface area contributed by atoms with Crippen LogP contribution < -0.4 is 5.32 Å². The van der Waals surface area contributed by atoms with Crippen LogP contribution in [-0.2, 0) is 4.74 Å². The summed E-state index contributed by atoms with van der Waals surface area (Å²) < 4.78 is 6.82. The number of nitrogens with one attached hydrogen (secondary N) is 1. The molecule has 1 amide bonds. The zero-order valence-electron chi connectivity index (χ0n) is 13.7. The number of methoxy groups -OCH3 is 1. The molecule has 0 aliphatic heterocycles. The molecule has 3 rings (SSSR count). The summed E-state index contributed by atoms with van der Waals surface area (Å²) in [5, 5.41) is 15.9. The number of anilines is 1. The van der Waals surface area contributed by atoms with E-state index in [0.29, 0.717) is 15.9 Å². The van der Waals surface area contributed by atoms with Gasteiger partial charge in [0.05, 0.1) is 5.69 Å². The molecular formula is C14H17N7O2S. The van der Waals surface area contributed by atoms with Crippen LogP contribution in [0, 0.1) is 0 Å². The molecule has 1 N–H and O–H groups in total. The second-order valence-corrected chi connectivity index (χ2v) is 6.48. The molecule has 0 aliphatic carbocycles. The molecule has 0 radical (unpaired) electrons. The molecule has 24 heavy (non-hydrogen) atoms. The molecule has 3 aromatic heterocycles. The number of nitrogens with zero attached hydrogens (tertiary/aromatic N) is 6. The number of hydrogen-bond donors (Lipinski definition) is 1. The molecule has 1 atom stereocenters. The first-order chi connectivity index (χ1) is 11.5. The minimum Gasteiger partial charge on any atom is -0.374 e. The smallest absolute Gasteiger partial charge is 0.276 e. The maximum atomic E-state index is 12.5.